The standard InChI is InChI=1S/C20H17ClN4O3/c1-28-17-8-7-13(21)9-15(17)23-18(26)10-16-20(27)24-19-14(11-22-25(16)19)12-5-3-2-4-6-12/h2-9,11,16H,10H2,1H3,(H,23,26)(H,24,27). The Morgan fingerprint density at radius 1 is 1.29 bits per heavy atom. The van der Waals surface area contributed by atoms with Gasteiger partial charge in [0.2, 0.25) is 5.91 Å². The molecule has 142 valence electrons. The second-order valence-corrected chi connectivity index (χ2v) is 6.76. The Morgan fingerprint density at radius 3 is 2.82 bits per heavy atom. The molecule has 8 heteroatoms. The van der Waals surface area contributed by atoms with Gasteiger partial charge >= 0.3 is 0 Å². The third-order valence-electron chi connectivity index (χ3n) is 4.53. The molecule has 0 spiro atoms. The summed E-state index contributed by atoms with van der Waals surface area (Å²) in [6.07, 6.45) is 1.62. The van der Waals surface area contributed by atoms with Crippen LogP contribution in [0.3, 0.4) is 0 Å². The lowest BCUT2D eigenvalue weighted by Gasteiger charge is -2.12. The minimum absolute atomic E-state index is 0.0651. The van der Waals surface area contributed by atoms with Crippen LogP contribution in [0.1, 0.15) is 12.5 Å². The highest BCUT2D eigenvalue weighted by Gasteiger charge is 2.35. The molecule has 4 rings (SSSR count). The zero-order valence-electron chi connectivity index (χ0n) is 15.0. The van der Waals surface area contributed by atoms with Gasteiger partial charge < -0.3 is 15.4 Å². The summed E-state index contributed by atoms with van der Waals surface area (Å²) in [6.45, 7) is 0. The number of anilines is 2. The van der Waals surface area contributed by atoms with Gasteiger partial charge in [0.15, 0.2) is 0 Å². The van der Waals surface area contributed by atoms with Gasteiger partial charge in [-0.25, -0.2) is 4.68 Å². The molecule has 0 aliphatic carbocycles. The Morgan fingerprint density at radius 2 is 2.07 bits per heavy atom. The van der Waals surface area contributed by atoms with E-state index in [1.807, 2.05) is 30.3 Å². The molecule has 28 heavy (non-hydrogen) atoms. The first-order chi connectivity index (χ1) is 13.6. The minimum atomic E-state index is -0.724. The molecule has 1 aromatic heterocycles. The highest BCUT2D eigenvalue weighted by Crippen LogP contribution is 2.36. The Labute approximate surface area is 166 Å². The lowest BCUT2D eigenvalue weighted by Crippen LogP contribution is -2.23. The van der Waals surface area contributed by atoms with Crippen LogP contribution in [0.4, 0.5) is 11.5 Å². The number of carbonyl (C=O) groups is 2. The number of aromatic nitrogens is 2. The lowest BCUT2D eigenvalue weighted by molar-refractivity contribution is -0.123. The molecule has 0 radical (unpaired) electrons. The normalized spacial score (nSPS) is 15.1. The van der Waals surface area contributed by atoms with Crippen LogP contribution in [0.2, 0.25) is 5.02 Å². The Kier molecular flexibility index (Phi) is 4.75. The van der Waals surface area contributed by atoms with E-state index in [4.69, 9.17) is 16.3 Å². The van der Waals surface area contributed by atoms with Gasteiger partial charge in [-0.15, -0.1) is 0 Å². The first-order valence-electron chi connectivity index (χ1n) is 8.64. The fourth-order valence-electron chi connectivity index (χ4n) is 3.20. The maximum Gasteiger partial charge on any atom is 0.251 e. The van der Waals surface area contributed by atoms with Crippen molar-refractivity contribution in [2.24, 2.45) is 0 Å². The molecule has 1 atom stereocenters. The first kappa shape index (κ1) is 18.1. The minimum Gasteiger partial charge on any atom is -0.495 e. The second-order valence-electron chi connectivity index (χ2n) is 6.32. The number of halogens is 1. The molecule has 0 fully saturated rings. The third-order valence-corrected chi connectivity index (χ3v) is 4.77. The van der Waals surface area contributed by atoms with E-state index in [1.165, 1.54) is 7.11 Å². The lowest BCUT2D eigenvalue weighted by atomic mass is 10.1. The van der Waals surface area contributed by atoms with Crippen molar-refractivity contribution in [1.82, 2.24) is 9.78 Å². The highest BCUT2D eigenvalue weighted by molar-refractivity contribution is 6.31. The first-order valence-corrected chi connectivity index (χ1v) is 9.02. The SMILES string of the molecule is COc1ccc(Cl)cc1NC(=O)CC1C(=O)Nc2c(-c3ccccc3)cnn21. The molecule has 3 aromatic rings. The molecule has 0 bridgehead atoms. The molecule has 0 saturated carbocycles. The van der Waals surface area contributed by atoms with E-state index >= 15 is 0 Å². The van der Waals surface area contributed by atoms with Gasteiger partial charge in [-0.2, -0.15) is 5.10 Å². The number of nitrogens with zero attached hydrogens (tertiary/aromatic N) is 2. The molecule has 2 amide bonds. The van der Waals surface area contributed by atoms with Gasteiger partial charge in [0.1, 0.15) is 17.6 Å². The number of nitrogens with one attached hydrogen (secondary N) is 2. The van der Waals surface area contributed by atoms with E-state index < -0.39 is 6.04 Å². The molecule has 7 nitrogen and oxygen atoms in total. The summed E-state index contributed by atoms with van der Waals surface area (Å²) in [4.78, 5) is 25.0. The number of fused-ring (bicyclic) bond motifs is 1. The molecular weight excluding hydrogens is 380 g/mol. The summed E-state index contributed by atoms with van der Waals surface area (Å²) in [5.74, 6) is 0.466. The van der Waals surface area contributed by atoms with Gasteiger partial charge in [0.25, 0.3) is 5.91 Å². The van der Waals surface area contributed by atoms with Gasteiger partial charge in [-0.05, 0) is 23.8 Å². The van der Waals surface area contributed by atoms with E-state index in [0.717, 1.165) is 11.1 Å². The van der Waals surface area contributed by atoms with Crippen molar-refractivity contribution >= 4 is 34.9 Å². The predicted octanol–water partition coefficient (Wildman–Crippen LogP) is 3.73. The van der Waals surface area contributed by atoms with Crippen molar-refractivity contribution in [1.29, 1.82) is 0 Å². The Bertz CT molecular complexity index is 1050. The summed E-state index contributed by atoms with van der Waals surface area (Å²) in [7, 11) is 1.50. The molecular formula is C20H17ClN4O3. The monoisotopic (exact) mass is 396 g/mol. The van der Waals surface area contributed by atoms with Crippen molar-refractivity contribution in [2.45, 2.75) is 12.5 Å². The fraction of sp³-hybridized carbons (Fsp3) is 0.150. The summed E-state index contributed by atoms with van der Waals surface area (Å²) in [6, 6.07) is 13.8. The zero-order valence-corrected chi connectivity index (χ0v) is 15.7. The molecule has 1 aliphatic heterocycles. The van der Waals surface area contributed by atoms with Crippen molar-refractivity contribution in [2.75, 3.05) is 17.7 Å². The summed E-state index contributed by atoms with van der Waals surface area (Å²) < 4.78 is 6.79. The highest BCUT2D eigenvalue weighted by atomic mass is 35.5. The fourth-order valence-corrected chi connectivity index (χ4v) is 3.37. The van der Waals surface area contributed by atoms with E-state index in [-0.39, 0.29) is 18.2 Å². The molecule has 2 heterocycles. The topological polar surface area (TPSA) is 85.2 Å². The van der Waals surface area contributed by atoms with Crippen molar-refractivity contribution in [3.05, 3.63) is 59.8 Å². The van der Waals surface area contributed by atoms with E-state index in [9.17, 15) is 9.59 Å². The maximum absolute atomic E-state index is 12.5. The molecule has 1 unspecified atom stereocenters. The van der Waals surface area contributed by atoms with Crippen LogP contribution in [0, 0.1) is 0 Å². The van der Waals surface area contributed by atoms with Crippen LogP contribution in [0.5, 0.6) is 5.75 Å². The second kappa shape index (κ2) is 7.36. The van der Waals surface area contributed by atoms with Gasteiger partial charge in [0, 0.05) is 10.6 Å². The molecule has 0 saturated heterocycles. The third kappa shape index (κ3) is 3.32. The van der Waals surface area contributed by atoms with Crippen molar-refractivity contribution in [3.8, 4) is 16.9 Å². The number of ether oxygens (including phenoxy) is 1. The molecule has 2 N–H and O–H groups in total. The average molecular weight is 397 g/mol. The predicted molar refractivity (Wildman–Crippen MR) is 107 cm³/mol. The Balaban J connectivity index is 1.54. The number of hydrogen-bond acceptors (Lipinski definition) is 4. The maximum atomic E-state index is 12.5. The number of methoxy groups -OCH3 is 1. The van der Waals surface area contributed by atoms with E-state index in [1.54, 1.807) is 29.1 Å². The molecule has 1 aliphatic rings. The van der Waals surface area contributed by atoms with Gasteiger partial charge in [-0.3, -0.25) is 9.59 Å². The van der Waals surface area contributed by atoms with E-state index in [0.29, 0.717) is 22.3 Å². The van der Waals surface area contributed by atoms with Crippen molar-refractivity contribution < 1.29 is 14.3 Å². The smallest absolute Gasteiger partial charge is 0.251 e. The van der Waals surface area contributed by atoms with Crippen LogP contribution in [-0.2, 0) is 9.59 Å². The van der Waals surface area contributed by atoms with Gasteiger partial charge in [0.05, 0.1) is 25.4 Å². The van der Waals surface area contributed by atoms with E-state index in [2.05, 4.69) is 15.7 Å². The van der Waals surface area contributed by atoms with Crippen LogP contribution < -0.4 is 15.4 Å². The van der Waals surface area contributed by atoms with Gasteiger partial charge in [-0.1, -0.05) is 41.9 Å². The molecule has 2 aromatic carbocycles. The van der Waals surface area contributed by atoms with Crippen LogP contribution in [0.15, 0.2) is 54.7 Å². The number of amides is 2. The van der Waals surface area contributed by atoms with Crippen LogP contribution >= 0.6 is 11.6 Å². The average Bonchev–Trinajstić information content (AvgIpc) is 3.22. The number of benzene rings is 2. The number of rotatable bonds is 5. The number of hydrogen-bond donors (Lipinski definition) is 2. The quantitative estimate of drug-likeness (QED) is 0.688. The largest absolute Gasteiger partial charge is 0.495 e. The van der Waals surface area contributed by atoms with Crippen LogP contribution in [0.25, 0.3) is 11.1 Å². The van der Waals surface area contributed by atoms with Crippen molar-refractivity contribution in [3.63, 3.8) is 0 Å². The summed E-state index contributed by atoms with van der Waals surface area (Å²) in [5, 5.41) is 10.4. The summed E-state index contributed by atoms with van der Waals surface area (Å²) >= 11 is 5.99. The zero-order chi connectivity index (χ0) is 19.7. The Hall–Kier alpha value is -3.32. The van der Waals surface area contributed by atoms with Crippen LogP contribution in [-0.4, -0.2) is 28.7 Å². The number of carbonyl (C=O) groups excluding carboxylic acids is 2. The summed E-state index contributed by atoms with van der Waals surface area (Å²) in [5.41, 5.74) is 2.20.